The van der Waals surface area contributed by atoms with E-state index in [-0.39, 0.29) is 11.0 Å². The van der Waals surface area contributed by atoms with Crippen molar-refractivity contribution in [1.82, 2.24) is 0 Å². The van der Waals surface area contributed by atoms with Crippen molar-refractivity contribution in [3.05, 3.63) is 34.9 Å². The van der Waals surface area contributed by atoms with Crippen LogP contribution in [0.2, 0.25) is 0 Å². The summed E-state index contributed by atoms with van der Waals surface area (Å²) in [7, 11) is -3.09. The zero-order valence-corrected chi connectivity index (χ0v) is 11.8. The van der Waals surface area contributed by atoms with Crippen molar-refractivity contribution in [2.24, 2.45) is 0 Å². The van der Waals surface area contributed by atoms with E-state index >= 15 is 0 Å². The highest BCUT2D eigenvalue weighted by Gasteiger charge is 2.28. The number of sulfone groups is 1. The zero-order chi connectivity index (χ0) is 13.2. The van der Waals surface area contributed by atoms with Gasteiger partial charge in [0.15, 0.2) is 9.84 Å². The number of ether oxygens (including phenoxy) is 1. The van der Waals surface area contributed by atoms with Crippen molar-refractivity contribution in [3.8, 4) is 0 Å². The van der Waals surface area contributed by atoms with Crippen LogP contribution in [-0.2, 0) is 20.3 Å². The molecule has 0 radical (unpaired) electrons. The van der Waals surface area contributed by atoms with Gasteiger partial charge in [-0.2, -0.15) is 0 Å². The summed E-state index contributed by atoms with van der Waals surface area (Å²) < 4.78 is 29.8. The van der Waals surface area contributed by atoms with E-state index in [1.807, 2.05) is 32.0 Å². The van der Waals surface area contributed by atoms with Gasteiger partial charge in [-0.25, -0.2) is 8.42 Å². The minimum Gasteiger partial charge on any atom is -0.380 e. The summed E-state index contributed by atoms with van der Waals surface area (Å²) in [4.78, 5) is 0. The maximum atomic E-state index is 12.3. The van der Waals surface area contributed by atoms with Crippen molar-refractivity contribution in [2.45, 2.75) is 37.7 Å². The smallest absolute Gasteiger partial charge is 0.159 e. The third kappa shape index (κ3) is 3.12. The molecule has 1 atom stereocenters. The number of benzene rings is 1. The topological polar surface area (TPSA) is 43.4 Å². The highest BCUT2D eigenvalue weighted by molar-refractivity contribution is 7.91. The molecule has 4 heteroatoms. The predicted molar refractivity (Wildman–Crippen MR) is 72.4 cm³/mol. The molecule has 1 aliphatic rings. The Balaban J connectivity index is 2.13. The molecule has 18 heavy (non-hydrogen) atoms. The van der Waals surface area contributed by atoms with Gasteiger partial charge in [0.1, 0.15) is 0 Å². The lowest BCUT2D eigenvalue weighted by Crippen LogP contribution is -2.31. The molecule has 0 spiro atoms. The minimum atomic E-state index is -3.09. The fourth-order valence-corrected chi connectivity index (χ4v) is 3.95. The van der Waals surface area contributed by atoms with E-state index in [0.29, 0.717) is 13.2 Å². The van der Waals surface area contributed by atoms with Gasteiger partial charge in [0.2, 0.25) is 0 Å². The molecule has 0 aromatic heterocycles. The summed E-state index contributed by atoms with van der Waals surface area (Å²) >= 11 is 0. The molecule has 1 aromatic carbocycles. The molecular formula is C14H20O3S. The van der Waals surface area contributed by atoms with Crippen LogP contribution in [0.3, 0.4) is 0 Å². The summed E-state index contributed by atoms with van der Waals surface area (Å²) in [6.07, 6.45) is 1.57. The van der Waals surface area contributed by atoms with E-state index in [4.69, 9.17) is 4.74 Å². The maximum absolute atomic E-state index is 12.3. The summed E-state index contributed by atoms with van der Waals surface area (Å²) in [5, 5.41) is -0.326. The molecule has 0 saturated carbocycles. The van der Waals surface area contributed by atoms with Crippen molar-refractivity contribution >= 4 is 9.84 Å². The molecule has 1 fully saturated rings. The second-order valence-corrected chi connectivity index (χ2v) is 7.35. The Hall–Kier alpha value is -0.870. The molecule has 1 saturated heterocycles. The third-order valence-electron chi connectivity index (χ3n) is 3.57. The lowest BCUT2D eigenvalue weighted by Gasteiger charge is -2.22. The van der Waals surface area contributed by atoms with Crippen LogP contribution >= 0.6 is 0 Å². The fraction of sp³-hybridized carbons (Fsp3) is 0.571. The number of rotatable bonds is 3. The zero-order valence-electron chi connectivity index (χ0n) is 11.0. The Bertz CT molecular complexity index is 514. The summed E-state index contributed by atoms with van der Waals surface area (Å²) in [5.74, 6) is 0.127. The van der Waals surface area contributed by atoms with Gasteiger partial charge < -0.3 is 4.74 Å². The Morgan fingerprint density at radius 1 is 1.28 bits per heavy atom. The lowest BCUT2D eigenvalue weighted by molar-refractivity contribution is 0.0991. The summed E-state index contributed by atoms with van der Waals surface area (Å²) in [6, 6.07) is 5.86. The van der Waals surface area contributed by atoms with Gasteiger partial charge in [-0.05, 0) is 43.4 Å². The molecule has 0 bridgehead atoms. The van der Waals surface area contributed by atoms with E-state index < -0.39 is 9.84 Å². The third-order valence-corrected chi connectivity index (χ3v) is 5.69. The van der Waals surface area contributed by atoms with Gasteiger partial charge in [0, 0.05) is 6.61 Å². The number of hydrogen-bond acceptors (Lipinski definition) is 3. The van der Waals surface area contributed by atoms with Gasteiger partial charge in [-0.3, -0.25) is 0 Å². The normalized spacial score (nSPS) is 20.9. The standard InChI is InChI=1S/C14H20O3S/c1-11-5-6-13(8-12(11)2)10-18(15,16)14-4-3-7-17-9-14/h5-6,8,14H,3-4,7,9-10H2,1-2H3/t14-/m1/s1. The average Bonchev–Trinajstić information content (AvgIpc) is 2.35. The van der Waals surface area contributed by atoms with E-state index in [1.54, 1.807) is 0 Å². The van der Waals surface area contributed by atoms with Gasteiger partial charge in [-0.1, -0.05) is 18.2 Å². The second kappa shape index (κ2) is 5.41. The Kier molecular flexibility index (Phi) is 4.07. The first-order valence-corrected chi connectivity index (χ1v) is 8.06. The first-order valence-electron chi connectivity index (χ1n) is 6.34. The molecule has 1 aromatic rings. The first kappa shape index (κ1) is 13.6. The van der Waals surface area contributed by atoms with Crippen LogP contribution in [0.25, 0.3) is 0 Å². The molecule has 3 nitrogen and oxygen atoms in total. The second-order valence-electron chi connectivity index (χ2n) is 5.06. The van der Waals surface area contributed by atoms with Crippen molar-refractivity contribution in [1.29, 1.82) is 0 Å². The highest BCUT2D eigenvalue weighted by Crippen LogP contribution is 2.20. The van der Waals surface area contributed by atoms with Crippen molar-refractivity contribution in [2.75, 3.05) is 13.2 Å². The molecule has 0 unspecified atom stereocenters. The Labute approximate surface area is 109 Å². The number of aryl methyl sites for hydroxylation is 2. The molecule has 0 amide bonds. The molecule has 1 heterocycles. The van der Waals surface area contributed by atoms with Gasteiger partial charge >= 0.3 is 0 Å². The molecule has 0 aliphatic carbocycles. The Morgan fingerprint density at radius 2 is 2.06 bits per heavy atom. The molecule has 1 aliphatic heterocycles. The van der Waals surface area contributed by atoms with Crippen LogP contribution in [0.4, 0.5) is 0 Å². The fourth-order valence-electron chi connectivity index (χ4n) is 2.24. The van der Waals surface area contributed by atoms with Crippen LogP contribution in [0.1, 0.15) is 29.5 Å². The van der Waals surface area contributed by atoms with Crippen molar-refractivity contribution < 1.29 is 13.2 Å². The highest BCUT2D eigenvalue weighted by atomic mass is 32.2. The van der Waals surface area contributed by atoms with Gasteiger partial charge in [-0.15, -0.1) is 0 Å². The van der Waals surface area contributed by atoms with E-state index in [2.05, 4.69) is 0 Å². The van der Waals surface area contributed by atoms with Gasteiger partial charge in [0.05, 0.1) is 17.6 Å². The van der Waals surface area contributed by atoms with Crippen LogP contribution in [-0.4, -0.2) is 26.9 Å². The summed E-state index contributed by atoms with van der Waals surface area (Å²) in [5.41, 5.74) is 3.21. The van der Waals surface area contributed by atoms with E-state index in [9.17, 15) is 8.42 Å². The van der Waals surface area contributed by atoms with Crippen LogP contribution < -0.4 is 0 Å². The molecular weight excluding hydrogens is 248 g/mol. The van der Waals surface area contributed by atoms with Crippen LogP contribution in [0, 0.1) is 13.8 Å². The summed E-state index contributed by atoms with van der Waals surface area (Å²) in [6.45, 7) is 5.08. The van der Waals surface area contributed by atoms with E-state index in [1.165, 1.54) is 5.56 Å². The van der Waals surface area contributed by atoms with Crippen LogP contribution in [0.15, 0.2) is 18.2 Å². The largest absolute Gasteiger partial charge is 0.380 e. The lowest BCUT2D eigenvalue weighted by atomic mass is 10.1. The first-order chi connectivity index (χ1) is 8.49. The average molecular weight is 268 g/mol. The quantitative estimate of drug-likeness (QED) is 0.845. The van der Waals surface area contributed by atoms with Crippen molar-refractivity contribution in [3.63, 3.8) is 0 Å². The molecule has 2 rings (SSSR count). The number of hydrogen-bond donors (Lipinski definition) is 0. The van der Waals surface area contributed by atoms with Gasteiger partial charge in [0.25, 0.3) is 0 Å². The molecule has 100 valence electrons. The van der Waals surface area contributed by atoms with Crippen LogP contribution in [0.5, 0.6) is 0 Å². The van der Waals surface area contributed by atoms with E-state index in [0.717, 1.165) is 24.0 Å². The molecule has 0 N–H and O–H groups in total. The SMILES string of the molecule is Cc1ccc(CS(=O)(=O)[C@@H]2CCCOC2)cc1C. The minimum absolute atomic E-state index is 0.127. The maximum Gasteiger partial charge on any atom is 0.159 e. The predicted octanol–water partition coefficient (Wildman–Crippen LogP) is 2.40. The monoisotopic (exact) mass is 268 g/mol. The Morgan fingerprint density at radius 3 is 2.67 bits per heavy atom.